The van der Waals surface area contributed by atoms with Crippen molar-refractivity contribution in [3.8, 4) is 5.75 Å². The fraction of sp³-hybridized carbons (Fsp3) is 0.167. The van der Waals surface area contributed by atoms with E-state index in [0.717, 1.165) is 28.8 Å². The van der Waals surface area contributed by atoms with Crippen LogP contribution in [0.1, 0.15) is 11.1 Å². The van der Waals surface area contributed by atoms with E-state index in [0.29, 0.717) is 6.61 Å². The predicted molar refractivity (Wildman–Crippen MR) is 85.3 cm³/mol. The number of rotatable bonds is 5. The van der Waals surface area contributed by atoms with Crippen molar-refractivity contribution in [3.05, 3.63) is 71.9 Å². The molecule has 0 spiro atoms. The van der Waals surface area contributed by atoms with E-state index in [-0.39, 0.29) is 0 Å². The standard InChI is InChI=1S/C18H18N2O/c1-19-12-14-4-7-17(8-5-14)21-13-15-6-9-18-16(11-15)3-2-10-20-18/h2-11,19H,12-13H2,1H3. The zero-order chi connectivity index (χ0) is 14.5. The molecular formula is C18H18N2O. The summed E-state index contributed by atoms with van der Waals surface area (Å²) in [6.45, 7) is 1.44. The number of aromatic nitrogens is 1. The van der Waals surface area contributed by atoms with Gasteiger partial charge < -0.3 is 10.1 Å². The van der Waals surface area contributed by atoms with Gasteiger partial charge in [0.05, 0.1) is 5.52 Å². The quantitative estimate of drug-likeness (QED) is 0.775. The molecule has 3 nitrogen and oxygen atoms in total. The van der Waals surface area contributed by atoms with E-state index in [9.17, 15) is 0 Å². The first-order chi connectivity index (χ1) is 10.3. The Bertz CT molecular complexity index is 723. The van der Waals surface area contributed by atoms with Crippen LogP contribution in [0.3, 0.4) is 0 Å². The highest BCUT2D eigenvalue weighted by atomic mass is 16.5. The Kier molecular flexibility index (Phi) is 4.12. The van der Waals surface area contributed by atoms with Gasteiger partial charge in [-0.15, -0.1) is 0 Å². The molecule has 0 aliphatic rings. The molecule has 3 rings (SSSR count). The number of fused-ring (bicyclic) bond motifs is 1. The smallest absolute Gasteiger partial charge is 0.119 e. The molecule has 0 aliphatic carbocycles. The Morgan fingerprint density at radius 3 is 2.62 bits per heavy atom. The number of nitrogens with one attached hydrogen (secondary N) is 1. The minimum absolute atomic E-state index is 0.566. The first-order valence-electron chi connectivity index (χ1n) is 7.05. The van der Waals surface area contributed by atoms with Gasteiger partial charge in [-0.3, -0.25) is 4.98 Å². The number of hydrogen-bond donors (Lipinski definition) is 1. The van der Waals surface area contributed by atoms with Crippen LogP contribution in [0.4, 0.5) is 0 Å². The third kappa shape index (κ3) is 3.38. The number of benzene rings is 2. The van der Waals surface area contributed by atoms with Crippen LogP contribution in [0.5, 0.6) is 5.75 Å². The lowest BCUT2D eigenvalue weighted by Crippen LogP contribution is -2.04. The van der Waals surface area contributed by atoms with Crippen molar-refractivity contribution >= 4 is 10.9 Å². The SMILES string of the molecule is CNCc1ccc(OCc2ccc3ncccc3c2)cc1. The third-order valence-corrected chi connectivity index (χ3v) is 3.38. The van der Waals surface area contributed by atoms with Crippen molar-refractivity contribution in [3.63, 3.8) is 0 Å². The Labute approximate surface area is 124 Å². The Morgan fingerprint density at radius 1 is 1.00 bits per heavy atom. The van der Waals surface area contributed by atoms with E-state index >= 15 is 0 Å². The van der Waals surface area contributed by atoms with Crippen molar-refractivity contribution < 1.29 is 4.74 Å². The Morgan fingerprint density at radius 2 is 1.81 bits per heavy atom. The molecule has 3 aromatic rings. The van der Waals surface area contributed by atoms with E-state index in [1.807, 2.05) is 37.5 Å². The summed E-state index contributed by atoms with van der Waals surface area (Å²) in [6.07, 6.45) is 1.81. The zero-order valence-electron chi connectivity index (χ0n) is 12.0. The van der Waals surface area contributed by atoms with Gasteiger partial charge in [0.25, 0.3) is 0 Å². The van der Waals surface area contributed by atoms with Crippen molar-refractivity contribution in [2.45, 2.75) is 13.2 Å². The van der Waals surface area contributed by atoms with Gasteiger partial charge in [0.15, 0.2) is 0 Å². The fourth-order valence-corrected chi connectivity index (χ4v) is 2.29. The number of hydrogen-bond acceptors (Lipinski definition) is 3. The van der Waals surface area contributed by atoms with Crippen LogP contribution in [0.2, 0.25) is 0 Å². The average Bonchev–Trinajstić information content (AvgIpc) is 2.54. The second-order valence-electron chi connectivity index (χ2n) is 4.99. The second-order valence-corrected chi connectivity index (χ2v) is 4.99. The number of nitrogens with zero attached hydrogens (tertiary/aromatic N) is 1. The molecule has 0 aliphatic heterocycles. The molecule has 0 amide bonds. The summed E-state index contributed by atoms with van der Waals surface area (Å²) in [4.78, 5) is 4.32. The topological polar surface area (TPSA) is 34.1 Å². The molecule has 21 heavy (non-hydrogen) atoms. The summed E-state index contributed by atoms with van der Waals surface area (Å²) in [5.41, 5.74) is 3.41. The molecule has 106 valence electrons. The largest absolute Gasteiger partial charge is 0.489 e. The zero-order valence-corrected chi connectivity index (χ0v) is 12.0. The third-order valence-electron chi connectivity index (χ3n) is 3.38. The number of ether oxygens (including phenoxy) is 1. The Hall–Kier alpha value is -2.39. The highest BCUT2D eigenvalue weighted by Gasteiger charge is 1.99. The van der Waals surface area contributed by atoms with Gasteiger partial charge in [-0.05, 0) is 48.5 Å². The molecule has 0 bridgehead atoms. The van der Waals surface area contributed by atoms with Crippen molar-refractivity contribution in [1.82, 2.24) is 10.3 Å². The average molecular weight is 278 g/mol. The normalized spacial score (nSPS) is 10.7. The van der Waals surface area contributed by atoms with Crippen molar-refractivity contribution in [2.24, 2.45) is 0 Å². The molecule has 0 radical (unpaired) electrons. The first kappa shape index (κ1) is 13.6. The maximum Gasteiger partial charge on any atom is 0.119 e. The van der Waals surface area contributed by atoms with Gasteiger partial charge in [-0.2, -0.15) is 0 Å². The van der Waals surface area contributed by atoms with Gasteiger partial charge >= 0.3 is 0 Å². The van der Waals surface area contributed by atoms with Crippen LogP contribution in [-0.2, 0) is 13.2 Å². The minimum Gasteiger partial charge on any atom is -0.489 e. The molecular weight excluding hydrogens is 260 g/mol. The van der Waals surface area contributed by atoms with Crippen LogP contribution < -0.4 is 10.1 Å². The Balaban J connectivity index is 1.68. The maximum absolute atomic E-state index is 5.83. The summed E-state index contributed by atoms with van der Waals surface area (Å²) in [6, 6.07) is 18.4. The summed E-state index contributed by atoms with van der Waals surface area (Å²) in [5.74, 6) is 0.890. The second kappa shape index (κ2) is 6.37. The van der Waals surface area contributed by atoms with Gasteiger partial charge in [0.2, 0.25) is 0 Å². The van der Waals surface area contributed by atoms with E-state index in [1.165, 1.54) is 5.56 Å². The molecule has 0 unspecified atom stereocenters. The molecule has 1 N–H and O–H groups in total. The fourth-order valence-electron chi connectivity index (χ4n) is 2.29. The first-order valence-corrected chi connectivity index (χ1v) is 7.05. The van der Waals surface area contributed by atoms with Gasteiger partial charge in [0, 0.05) is 18.1 Å². The summed E-state index contributed by atoms with van der Waals surface area (Å²) in [7, 11) is 1.94. The molecule has 3 heteroatoms. The highest BCUT2D eigenvalue weighted by Crippen LogP contribution is 2.17. The molecule has 1 aromatic heterocycles. The molecule has 2 aromatic carbocycles. The van der Waals surface area contributed by atoms with Gasteiger partial charge in [-0.25, -0.2) is 0 Å². The minimum atomic E-state index is 0.566. The van der Waals surface area contributed by atoms with Crippen LogP contribution in [0.15, 0.2) is 60.8 Å². The lowest BCUT2D eigenvalue weighted by Gasteiger charge is -2.08. The van der Waals surface area contributed by atoms with Gasteiger partial charge in [-0.1, -0.05) is 24.3 Å². The van der Waals surface area contributed by atoms with E-state index < -0.39 is 0 Å². The summed E-state index contributed by atoms with van der Waals surface area (Å²) >= 11 is 0. The lowest BCUT2D eigenvalue weighted by atomic mass is 10.1. The molecule has 0 atom stereocenters. The maximum atomic E-state index is 5.83. The highest BCUT2D eigenvalue weighted by molar-refractivity contribution is 5.78. The molecule has 1 heterocycles. The van der Waals surface area contributed by atoms with E-state index in [2.05, 4.69) is 40.6 Å². The van der Waals surface area contributed by atoms with Gasteiger partial charge in [0.1, 0.15) is 12.4 Å². The molecule has 0 saturated carbocycles. The predicted octanol–water partition coefficient (Wildman–Crippen LogP) is 3.53. The van der Waals surface area contributed by atoms with Crippen molar-refractivity contribution in [1.29, 1.82) is 0 Å². The van der Waals surface area contributed by atoms with Crippen LogP contribution in [0, 0.1) is 0 Å². The molecule has 0 fully saturated rings. The van der Waals surface area contributed by atoms with E-state index in [1.54, 1.807) is 0 Å². The number of pyridine rings is 1. The summed E-state index contributed by atoms with van der Waals surface area (Å²) in [5, 5.41) is 4.27. The van der Waals surface area contributed by atoms with Crippen molar-refractivity contribution in [2.75, 3.05) is 7.05 Å². The lowest BCUT2D eigenvalue weighted by molar-refractivity contribution is 0.306. The molecule has 0 saturated heterocycles. The van der Waals surface area contributed by atoms with Crippen LogP contribution >= 0.6 is 0 Å². The van der Waals surface area contributed by atoms with Crippen LogP contribution in [-0.4, -0.2) is 12.0 Å². The summed E-state index contributed by atoms with van der Waals surface area (Å²) < 4.78 is 5.83. The van der Waals surface area contributed by atoms with E-state index in [4.69, 9.17) is 4.74 Å². The van der Waals surface area contributed by atoms with Crippen LogP contribution in [0.25, 0.3) is 10.9 Å². The monoisotopic (exact) mass is 278 g/mol.